The number of aromatic nitrogens is 2. The summed E-state index contributed by atoms with van der Waals surface area (Å²) in [6, 6.07) is 1.77. The van der Waals surface area contributed by atoms with Crippen molar-refractivity contribution in [1.29, 1.82) is 0 Å². The molecule has 2 aliphatic heterocycles. The fraction of sp³-hybridized carbons (Fsp3) is 0.714. The molecule has 1 fully saturated rings. The Kier molecular flexibility index (Phi) is 4.43. The normalized spacial score (nSPS) is 22.3. The van der Waals surface area contributed by atoms with Gasteiger partial charge in [0.2, 0.25) is 15.9 Å². The zero-order valence-corrected chi connectivity index (χ0v) is 14.3. The molecule has 1 aromatic rings. The zero-order chi connectivity index (χ0) is 16.6. The van der Waals surface area contributed by atoms with Crippen molar-refractivity contribution in [1.82, 2.24) is 19.4 Å². The summed E-state index contributed by atoms with van der Waals surface area (Å²) in [4.78, 5) is 12.1. The molecule has 3 heterocycles. The van der Waals surface area contributed by atoms with E-state index in [4.69, 9.17) is 0 Å². The number of hydrogen-bond donors (Lipinski definition) is 2. The molecule has 0 bridgehead atoms. The van der Waals surface area contributed by atoms with Crippen LogP contribution in [0.1, 0.15) is 26.0 Å². The van der Waals surface area contributed by atoms with Crippen LogP contribution in [0.4, 0.5) is 5.82 Å². The number of fused-ring (bicyclic) bond motifs is 1. The van der Waals surface area contributed by atoms with Crippen molar-refractivity contribution in [3.63, 3.8) is 0 Å². The lowest BCUT2D eigenvalue weighted by Gasteiger charge is -2.28. The van der Waals surface area contributed by atoms with Crippen LogP contribution in [0.2, 0.25) is 0 Å². The second kappa shape index (κ2) is 6.21. The van der Waals surface area contributed by atoms with Gasteiger partial charge in [-0.15, -0.1) is 0 Å². The van der Waals surface area contributed by atoms with Crippen LogP contribution in [0, 0.1) is 5.92 Å². The Bertz CT molecular complexity index is 691. The number of rotatable bonds is 4. The molecule has 2 aliphatic rings. The molecule has 3 rings (SSSR count). The topological polar surface area (TPSA) is 96.3 Å². The predicted molar refractivity (Wildman–Crippen MR) is 86.3 cm³/mol. The van der Waals surface area contributed by atoms with Crippen LogP contribution in [0.5, 0.6) is 0 Å². The van der Waals surface area contributed by atoms with E-state index >= 15 is 0 Å². The van der Waals surface area contributed by atoms with Gasteiger partial charge in [0.05, 0.1) is 30.0 Å². The van der Waals surface area contributed by atoms with E-state index in [2.05, 4.69) is 15.7 Å². The minimum Gasteiger partial charge on any atom is -0.316 e. The molecule has 9 heteroatoms. The molecule has 1 aromatic heterocycles. The van der Waals surface area contributed by atoms with Gasteiger partial charge in [-0.05, 0) is 26.8 Å². The van der Waals surface area contributed by atoms with E-state index in [1.807, 2.05) is 0 Å². The van der Waals surface area contributed by atoms with Crippen LogP contribution < -0.4 is 10.6 Å². The molecule has 0 unspecified atom stereocenters. The van der Waals surface area contributed by atoms with Crippen LogP contribution in [-0.4, -0.2) is 53.3 Å². The fourth-order valence-corrected chi connectivity index (χ4v) is 4.17. The van der Waals surface area contributed by atoms with Crippen molar-refractivity contribution in [2.75, 3.05) is 25.0 Å². The van der Waals surface area contributed by atoms with E-state index in [9.17, 15) is 13.2 Å². The van der Waals surface area contributed by atoms with E-state index in [1.165, 1.54) is 4.31 Å². The van der Waals surface area contributed by atoms with E-state index < -0.39 is 15.3 Å². The molecule has 23 heavy (non-hydrogen) atoms. The third kappa shape index (κ3) is 3.26. The number of nitrogens with one attached hydrogen (secondary N) is 2. The molecule has 0 aliphatic carbocycles. The Balaban J connectivity index is 1.70. The maximum absolute atomic E-state index is 12.3. The summed E-state index contributed by atoms with van der Waals surface area (Å²) < 4.78 is 27.8. The van der Waals surface area contributed by atoms with E-state index in [0.29, 0.717) is 32.0 Å². The van der Waals surface area contributed by atoms with E-state index in [-0.39, 0.29) is 11.8 Å². The smallest absolute Gasteiger partial charge is 0.230 e. The molecule has 0 radical (unpaired) electrons. The van der Waals surface area contributed by atoms with Gasteiger partial charge < -0.3 is 10.6 Å². The van der Waals surface area contributed by atoms with Gasteiger partial charge in [0, 0.05) is 19.2 Å². The zero-order valence-electron chi connectivity index (χ0n) is 13.4. The fourth-order valence-electron chi connectivity index (χ4n) is 2.93. The first-order chi connectivity index (χ1) is 10.9. The first kappa shape index (κ1) is 16.4. The van der Waals surface area contributed by atoms with Gasteiger partial charge in [0.15, 0.2) is 5.82 Å². The summed E-state index contributed by atoms with van der Waals surface area (Å²) in [7, 11) is -3.27. The van der Waals surface area contributed by atoms with Crippen molar-refractivity contribution in [2.24, 2.45) is 5.92 Å². The minimum absolute atomic E-state index is 0.0217. The molecule has 8 nitrogen and oxygen atoms in total. The maximum Gasteiger partial charge on any atom is 0.230 e. The average molecular weight is 341 g/mol. The molecule has 0 saturated carbocycles. The predicted octanol–water partition coefficient (Wildman–Crippen LogP) is -0.0151. The highest BCUT2D eigenvalue weighted by Crippen LogP contribution is 2.21. The molecule has 2 N–H and O–H groups in total. The van der Waals surface area contributed by atoms with E-state index in [0.717, 1.165) is 18.7 Å². The summed E-state index contributed by atoms with van der Waals surface area (Å²) >= 11 is 0. The molecule has 0 aromatic carbocycles. The SMILES string of the molecule is CC(C)S(=O)(=O)N1CCn2nc(NC(=O)[C@H]3CCNC3)cc2C1. The van der Waals surface area contributed by atoms with E-state index in [1.54, 1.807) is 24.6 Å². The Morgan fingerprint density at radius 2 is 2.22 bits per heavy atom. The van der Waals surface area contributed by atoms with Gasteiger partial charge in [0.1, 0.15) is 0 Å². The Morgan fingerprint density at radius 1 is 1.43 bits per heavy atom. The Morgan fingerprint density at radius 3 is 2.87 bits per heavy atom. The Hall–Kier alpha value is -1.45. The van der Waals surface area contributed by atoms with Crippen molar-refractivity contribution in [2.45, 2.75) is 38.6 Å². The van der Waals surface area contributed by atoms with Crippen LogP contribution in [-0.2, 0) is 27.9 Å². The van der Waals surface area contributed by atoms with Gasteiger partial charge in [0.25, 0.3) is 0 Å². The number of hydrogen-bond acceptors (Lipinski definition) is 5. The van der Waals surface area contributed by atoms with Crippen molar-refractivity contribution >= 4 is 21.7 Å². The third-order valence-electron chi connectivity index (χ3n) is 4.40. The molecule has 128 valence electrons. The highest BCUT2D eigenvalue weighted by atomic mass is 32.2. The van der Waals surface area contributed by atoms with Crippen molar-refractivity contribution in [3.8, 4) is 0 Å². The number of carbonyl (C=O) groups is 1. The number of anilines is 1. The molecule has 1 amide bonds. The average Bonchev–Trinajstić information content (AvgIpc) is 3.15. The first-order valence-corrected chi connectivity index (χ1v) is 9.45. The number of nitrogens with zero attached hydrogens (tertiary/aromatic N) is 3. The van der Waals surface area contributed by atoms with Crippen molar-refractivity contribution in [3.05, 3.63) is 11.8 Å². The second-order valence-electron chi connectivity index (χ2n) is 6.35. The van der Waals surface area contributed by atoms with Crippen molar-refractivity contribution < 1.29 is 13.2 Å². The lowest BCUT2D eigenvalue weighted by molar-refractivity contribution is -0.119. The largest absolute Gasteiger partial charge is 0.316 e. The summed E-state index contributed by atoms with van der Waals surface area (Å²) in [5.74, 6) is 0.448. The van der Waals surface area contributed by atoms with Crippen LogP contribution >= 0.6 is 0 Å². The van der Waals surface area contributed by atoms with Gasteiger partial charge in [-0.1, -0.05) is 0 Å². The quantitative estimate of drug-likeness (QED) is 0.803. The third-order valence-corrected chi connectivity index (χ3v) is 6.62. The molecular formula is C14H23N5O3S. The number of carbonyl (C=O) groups excluding carboxylic acids is 1. The standard InChI is InChI=1S/C14H23N5O3S/c1-10(2)23(21,22)18-5-6-19-12(9-18)7-13(17-19)16-14(20)11-3-4-15-8-11/h7,10-11,15H,3-6,8-9H2,1-2H3,(H,16,17,20)/t11-/m0/s1. The van der Waals surface area contributed by atoms with Gasteiger partial charge in [-0.2, -0.15) is 9.40 Å². The van der Waals surface area contributed by atoms with Crippen LogP contribution in [0.3, 0.4) is 0 Å². The summed E-state index contributed by atoms with van der Waals surface area (Å²) in [5.41, 5.74) is 0.806. The van der Waals surface area contributed by atoms with Crippen LogP contribution in [0.25, 0.3) is 0 Å². The maximum atomic E-state index is 12.3. The minimum atomic E-state index is -3.27. The highest BCUT2D eigenvalue weighted by molar-refractivity contribution is 7.89. The number of sulfonamides is 1. The molecule has 0 spiro atoms. The lowest BCUT2D eigenvalue weighted by atomic mass is 10.1. The van der Waals surface area contributed by atoms with Gasteiger partial charge >= 0.3 is 0 Å². The molecule has 1 atom stereocenters. The Labute approximate surface area is 136 Å². The highest BCUT2D eigenvalue weighted by Gasteiger charge is 2.30. The summed E-state index contributed by atoms with van der Waals surface area (Å²) in [6.07, 6.45) is 0.833. The monoisotopic (exact) mass is 341 g/mol. The first-order valence-electron chi connectivity index (χ1n) is 7.95. The lowest BCUT2D eigenvalue weighted by Crippen LogP contribution is -2.41. The van der Waals surface area contributed by atoms with Gasteiger partial charge in [-0.3, -0.25) is 9.48 Å². The molecule has 1 saturated heterocycles. The second-order valence-corrected chi connectivity index (χ2v) is 8.84. The summed E-state index contributed by atoms with van der Waals surface area (Å²) in [5, 5.41) is 9.93. The summed E-state index contributed by atoms with van der Waals surface area (Å²) in [6.45, 7) is 6.14. The molecular weight excluding hydrogens is 318 g/mol. The van der Waals surface area contributed by atoms with Gasteiger partial charge in [-0.25, -0.2) is 8.42 Å². The van der Waals surface area contributed by atoms with Crippen LogP contribution in [0.15, 0.2) is 6.07 Å². The number of amides is 1.